The summed E-state index contributed by atoms with van der Waals surface area (Å²) in [7, 11) is 0. The van der Waals surface area contributed by atoms with Crippen LogP contribution < -0.4 is 0 Å². The molecule has 0 spiro atoms. The minimum atomic E-state index is -1.68. The van der Waals surface area contributed by atoms with Crippen molar-refractivity contribution in [2.75, 3.05) is 5.75 Å². The molecule has 1 aromatic rings. The third-order valence-electron chi connectivity index (χ3n) is 2.53. The highest BCUT2D eigenvalue weighted by atomic mass is 32.2. The number of carbonyl (C=O) groups is 1. The summed E-state index contributed by atoms with van der Waals surface area (Å²) < 4.78 is 0. The number of hydrogen-bond acceptors (Lipinski definition) is 3. The number of benzene rings is 1. The molecule has 1 aromatic carbocycles. The van der Waals surface area contributed by atoms with Gasteiger partial charge in [0.05, 0.1) is 0 Å². The molecule has 4 heteroatoms. The molecule has 0 heterocycles. The van der Waals surface area contributed by atoms with Gasteiger partial charge in [0.1, 0.15) is 0 Å². The fraction of sp³-hybridized carbons (Fsp3) is 0.462. The van der Waals surface area contributed by atoms with E-state index in [2.05, 4.69) is 13.8 Å². The number of carboxylic acids is 1. The summed E-state index contributed by atoms with van der Waals surface area (Å²) in [6, 6.07) is 7.97. The standard InChI is InChI=1S/C13H18O3S/c1-9(2)10-4-6-11(7-5-10)17-8-13(3,16)12(14)15/h4-7,9,16H,8H2,1-3H3,(H,14,15). The van der Waals surface area contributed by atoms with Crippen LogP contribution in [0.4, 0.5) is 0 Å². The van der Waals surface area contributed by atoms with Gasteiger partial charge in [-0.15, -0.1) is 11.8 Å². The molecular formula is C13H18O3S. The number of carboxylic acid groups (broad SMARTS) is 1. The van der Waals surface area contributed by atoms with Gasteiger partial charge in [-0.1, -0.05) is 26.0 Å². The molecule has 0 radical (unpaired) electrons. The Labute approximate surface area is 106 Å². The molecule has 0 aliphatic rings. The molecule has 3 nitrogen and oxygen atoms in total. The van der Waals surface area contributed by atoms with Crippen LogP contribution in [0.2, 0.25) is 0 Å². The highest BCUT2D eigenvalue weighted by Crippen LogP contribution is 2.24. The van der Waals surface area contributed by atoms with Crippen LogP contribution in [0.5, 0.6) is 0 Å². The first-order valence-electron chi connectivity index (χ1n) is 5.51. The van der Waals surface area contributed by atoms with E-state index >= 15 is 0 Å². The van der Waals surface area contributed by atoms with Crippen molar-refractivity contribution in [3.63, 3.8) is 0 Å². The molecule has 0 bridgehead atoms. The Kier molecular flexibility index (Phi) is 4.60. The Morgan fingerprint density at radius 1 is 1.35 bits per heavy atom. The van der Waals surface area contributed by atoms with Gasteiger partial charge in [-0.2, -0.15) is 0 Å². The predicted octanol–water partition coefficient (Wildman–Crippen LogP) is 2.74. The van der Waals surface area contributed by atoms with Crippen LogP contribution in [-0.2, 0) is 4.79 Å². The van der Waals surface area contributed by atoms with Crippen LogP contribution in [0.3, 0.4) is 0 Å². The van der Waals surface area contributed by atoms with Gasteiger partial charge >= 0.3 is 5.97 Å². The van der Waals surface area contributed by atoms with Crippen molar-refractivity contribution < 1.29 is 15.0 Å². The lowest BCUT2D eigenvalue weighted by Gasteiger charge is -2.17. The average Bonchev–Trinajstić information content (AvgIpc) is 2.27. The van der Waals surface area contributed by atoms with Crippen molar-refractivity contribution in [3.05, 3.63) is 29.8 Å². The van der Waals surface area contributed by atoms with E-state index in [1.54, 1.807) is 0 Å². The maximum atomic E-state index is 10.7. The van der Waals surface area contributed by atoms with E-state index in [9.17, 15) is 9.90 Å². The second-order valence-corrected chi connectivity index (χ2v) is 5.64. The van der Waals surface area contributed by atoms with E-state index in [0.29, 0.717) is 5.92 Å². The van der Waals surface area contributed by atoms with Crippen molar-refractivity contribution in [2.45, 2.75) is 37.2 Å². The van der Waals surface area contributed by atoms with Crippen LogP contribution in [0.1, 0.15) is 32.3 Å². The van der Waals surface area contributed by atoms with Gasteiger partial charge in [0.25, 0.3) is 0 Å². The molecule has 0 aliphatic heterocycles. The van der Waals surface area contributed by atoms with Crippen molar-refractivity contribution in [1.29, 1.82) is 0 Å². The first-order chi connectivity index (χ1) is 7.83. The molecule has 17 heavy (non-hydrogen) atoms. The maximum Gasteiger partial charge on any atom is 0.336 e. The highest BCUT2D eigenvalue weighted by molar-refractivity contribution is 7.99. The van der Waals surface area contributed by atoms with Crippen LogP contribution >= 0.6 is 11.8 Å². The lowest BCUT2D eigenvalue weighted by Crippen LogP contribution is -2.37. The molecule has 0 saturated carbocycles. The molecule has 0 aromatic heterocycles. The number of aliphatic carboxylic acids is 1. The van der Waals surface area contributed by atoms with Gasteiger partial charge in [0.15, 0.2) is 5.60 Å². The van der Waals surface area contributed by atoms with E-state index in [-0.39, 0.29) is 5.75 Å². The fourth-order valence-electron chi connectivity index (χ4n) is 1.23. The molecule has 2 N–H and O–H groups in total. The summed E-state index contributed by atoms with van der Waals surface area (Å²) in [4.78, 5) is 11.7. The summed E-state index contributed by atoms with van der Waals surface area (Å²) in [5, 5.41) is 18.3. The molecule has 0 amide bonds. The van der Waals surface area contributed by atoms with Crippen LogP contribution in [0.25, 0.3) is 0 Å². The number of hydrogen-bond donors (Lipinski definition) is 2. The Bertz CT molecular complexity index is 382. The van der Waals surface area contributed by atoms with Gasteiger partial charge < -0.3 is 10.2 Å². The fourth-order valence-corrected chi connectivity index (χ4v) is 2.13. The van der Waals surface area contributed by atoms with E-state index in [4.69, 9.17) is 5.11 Å². The molecule has 0 fully saturated rings. The number of aliphatic hydroxyl groups is 1. The van der Waals surface area contributed by atoms with Crippen molar-refractivity contribution in [3.8, 4) is 0 Å². The van der Waals surface area contributed by atoms with E-state index < -0.39 is 11.6 Å². The molecule has 0 saturated heterocycles. The lowest BCUT2D eigenvalue weighted by molar-refractivity contribution is -0.154. The Morgan fingerprint density at radius 2 is 1.88 bits per heavy atom. The van der Waals surface area contributed by atoms with Gasteiger partial charge in [-0.05, 0) is 30.5 Å². The molecule has 1 unspecified atom stereocenters. The molecule has 0 aliphatic carbocycles. The van der Waals surface area contributed by atoms with Crippen LogP contribution in [0.15, 0.2) is 29.2 Å². The largest absolute Gasteiger partial charge is 0.479 e. The molecule has 94 valence electrons. The minimum Gasteiger partial charge on any atom is -0.479 e. The third-order valence-corrected chi connectivity index (χ3v) is 3.84. The average molecular weight is 254 g/mol. The van der Waals surface area contributed by atoms with Gasteiger partial charge in [-0.3, -0.25) is 0 Å². The van der Waals surface area contributed by atoms with Gasteiger partial charge in [0.2, 0.25) is 0 Å². The maximum absolute atomic E-state index is 10.7. The van der Waals surface area contributed by atoms with Gasteiger partial charge in [-0.25, -0.2) is 4.79 Å². The van der Waals surface area contributed by atoms with E-state index in [1.807, 2.05) is 24.3 Å². The van der Waals surface area contributed by atoms with Gasteiger partial charge in [0, 0.05) is 10.6 Å². The molecular weight excluding hydrogens is 236 g/mol. The quantitative estimate of drug-likeness (QED) is 0.793. The Morgan fingerprint density at radius 3 is 2.29 bits per heavy atom. The minimum absolute atomic E-state index is 0.142. The number of thioether (sulfide) groups is 1. The first kappa shape index (κ1) is 14.1. The Balaban J connectivity index is 2.62. The van der Waals surface area contributed by atoms with Crippen molar-refractivity contribution >= 4 is 17.7 Å². The topological polar surface area (TPSA) is 57.5 Å². The van der Waals surface area contributed by atoms with Crippen LogP contribution in [0, 0.1) is 0 Å². The lowest BCUT2D eigenvalue weighted by atomic mass is 10.0. The van der Waals surface area contributed by atoms with E-state index in [1.165, 1.54) is 24.2 Å². The summed E-state index contributed by atoms with van der Waals surface area (Å²) >= 11 is 1.35. The van der Waals surface area contributed by atoms with Crippen LogP contribution in [-0.4, -0.2) is 27.5 Å². The summed E-state index contributed by atoms with van der Waals surface area (Å²) in [6.45, 7) is 5.56. The monoisotopic (exact) mass is 254 g/mol. The molecule has 1 atom stereocenters. The normalized spacial score (nSPS) is 14.6. The smallest absolute Gasteiger partial charge is 0.336 e. The summed E-state index contributed by atoms with van der Waals surface area (Å²) in [5.74, 6) is -0.566. The Hall–Kier alpha value is -1.00. The van der Waals surface area contributed by atoms with Crippen molar-refractivity contribution in [2.24, 2.45) is 0 Å². The zero-order chi connectivity index (χ0) is 13.1. The van der Waals surface area contributed by atoms with E-state index in [0.717, 1.165) is 4.90 Å². The summed E-state index contributed by atoms with van der Waals surface area (Å²) in [5.41, 5.74) is -0.430. The predicted molar refractivity (Wildman–Crippen MR) is 69.5 cm³/mol. The first-order valence-corrected chi connectivity index (χ1v) is 6.50. The SMILES string of the molecule is CC(C)c1ccc(SCC(C)(O)C(=O)O)cc1. The second kappa shape index (κ2) is 5.56. The number of rotatable bonds is 5. The molecule has 1 rings (SSSR count). The summed E-state index contributed by atoms with van der Waals surface area (Å²) in [6.07, 6.45) is 0. The third kappa shape index (κ3) is 4.06. The zero-order valence-corrected chi connectivity index (χ0v) is 11.1. The zero-order valence-electron chi connectivity index (χ0n) is 10.3. The van der Waals surface area contributed by atoms with Crippen molar-refractivity contribution in [1.82, 2.24) is 0 Å². The second-order valence-electron chi connectivity index (χ2n) is 4.59. The highest BCUT2D eigenvalue weighted by Gasteiger charge is 2.29.